The molecule has 0 amide bonds. The van der Waals surface area contributed by atoms with Gasteiger partial charge in [-0.25, -0.2) is 0 Å². The number of ether oxygens (including phenoxy) is 1. The lowest BCUT2D eigenvalue weighted by molar-refractivity contribution is -0.147. The van der Waals surface area contributed by atoms with E-state index in [1.165, 1.54) is 11.8 Å². The topological polar surface area (TPSA) is 90.2 Å². The normalized spacial score (nSPS) is 31.7. The van der Waals surface area contributed by atoms with Crippen molar-refractivity contribution in [2.24, 2.45) is 0 Å². The Morgan fingerprint density at radius 1 is 1.07 bits per heavy atom. The van der Waals surface area contributed by atoms with Crippen LogP contribution in [-0.2, 0) is 22.7 Å². The number of hydrogen-bond donors (Lipinski definition) is 4. The molecule has 0 radical (unpaired) electrons. The number of hydrogen-bond acceptors (Lipinski definition) is 6. The molecule has 6 heteroatoms. The van der Waals surface area contributed by atoms with Crippen molar-refractivity contribution in [2.75, 3.05) is 6.61 Å². The van der Waals surface area contributed by atoms with Gasteiger partial charge in [-0.05, 0) is 28.7 Å². The maximum Gasteiger partial charge on any atom is 0.168 e. The number of thioether (sulfide) groups is 1. The molecule has 5 nitrogen and oxygen atoms in total. The molecular formula is C22H24O5S. The molecule has 1 spiro atoms. The van der Waals surface area contributed by atoms with Crippen LogP contribution in [-0.4, -0.2) is 50.6 Å². The molecule has 0 aliphatic carbocycles. The van der Waals surface area contributed by atoms with E-state index in [9.17, 15) is 20.4 Å². The highest BCUT2D eigenvalue weighted by Crippen LogP contribution is 2.54. The van der Waals surface area contributed by atoms with Gasteiger partial charge in [0.1, 0.15) is 12.2 Å². The second-order valence-corrected chi connectivity index (χ2v) is 8.78. The lowest BCUT2D eigenvalue weighted by Crippen LogP contribution is -2.58. The highest BCUT2D eigenvalue weighted by Gasteiger charge is 2.57. The summed E-state index contributed by atoms with van der Waals surface area (Å²) in [4.78, 5) is -1.19. The Kier molecular flexibility index (Phi) is 5.35. The lowest BCUT2D eigenvalue weighted by Gasteiger charge is -2.45. The molecule has 4 N–H and O–H groups in total. The van der Waals surface area contributed by atoms with Crippen LogP contribution in [0.2, 0.25) is 0 Å². The largest absolute Gasteiger partial charge is 0.395 e. The molecule has 0 aromatic heterocycles. The Hall–Kier alpha value is -1.67. The summed E-state index contributed by atoms with van der Waals surface area (Å²) in [5.41, 5.74) is 5.02. The van der Waals surface area contributed by atoms with Crippen molar-refractivity contribution >= 4 is 17.8 Å². The molecule has 0 saturated carbocycles. The van der Waals surface area contributed by atoms with Gasteiger partial charge in [0.25, 0.3) is 0 Å². The molecule has 28 heavy (non-hydrogen) atoms. The first-order valence-corrected chi connectivity index (χ1v) is 10.2. The number of fused-ring (bicyclic) bond motifs is 2. The van der Waals surface area contributed by atoms with Crippen molar-refractivity contribution < 1.29 is 25.2 Å². The van der Waals surface area contributed by atoms with Crippen LogP contribution >= 0.6 is 11.8 Å². The summed E-state index contributed by atoms with van der Waals surface area (Å²) < 4.78 is 5.97. The molecular weight excluding hydrogens is 376 g/mol. The van der Waals surface area contributed by atoms with Crippen LogP contribution in [0, 0.1) is 0 Å². The summed E-state index contributed by atoms with van der Waals surface area (Å²) >= 11 is 1.18. The standard InChI is InChI=1S/C22H24O5S/c1-2-13-3-5-14(6-4-13)9-15-7-8-16-12-27-22(17(16)10-15)21(26)20(25)19(24)18(11-23)28-22/h2-8,10,18-21,23-26H,1,9,11-12H2/t18-,19-,20+,21-,22+/m1/s1. The zero-order valence-corrected chi connectivity index (χ0v) is 16.2. The van der Waals surface area contributed by atoms with Crippen LogP contribution in [0.25, 0.3) is 6.08 Å². The van der Waals surface area contributed by atoms with Crippen LogP contribution < -0.4 is 0 Å². The highest BCUT2D eigenvalue weighted by atomic mass is 32.2. The molecule has 2 aromatic carbocycles. The Morgan fingerprint density at radius 2 is 1.79 bits per heavy atom. The maximum atomic E-state index is 10.7. The highest BCUT2D eigenvalue weighted by molar-refractivity contribution is 8.00. The molecule has 2 aliphatic heterocycles. The van der Waals surface area contributed by atoms with E-state index in [-0.39, 0.29) is 6.61 Å². The molecule has 148 valence electrons. The van der Waals surface area contributed by atoms with Crippen molar-refractivity contribution in [3.63, 3.8) is 0 Å². The van der Waals surface area contributed by atoms with Crippen LogP contribution in [0.1, 0.15) is 27.8 Å². The third-order valence-corrected chi connectivity index (χ3v) is 7.23. The minimum absolute atomic E-state index is 0.314. The van der Waals surface area contributed by atoms with E-state index < -0.39 is 28.5 Å². The number of rotatable bonds is 4. The zero-order chi connectivity index (χ0) is 19.9. The van der Waals surface area contributed by atoms with Crippen molar-refractivity contribution in [3.8, 4) is 0 Å². The maximum absolute atomic E-state index is 10.7. The first-order valence-electron chi connectivity index (χ1n) is 9.29. The van der Waals surface area contributed by atoms with E-state index >= 15 is 0 Å². The first kappa shape index (κ1) is 19.6. The van der Waals surface area contributed by atoms with Gasteiger partial charge in [0.15, 0.2) is 4.93 Å². The third-order valence-electron chi connectivity index (χ3n) is 5.57. The SMILES string of the molecule is C=Cc1ccc(Cc2ccc3c(c2)[C@]2(OC3)S[C@H](CO)[C@@H](O)[C@H](O)[C@H]2O)cc1. The van der Waals surface area contributed by atoms with E-state index in [0.29, 0.717) is 6.61 Å². The molecule has 1 saturated heterocycles. The Morgan fingerprint density at radius 3 is 2.46 bits per heavy atom. The van der Waals surface area contributed by atoms with Gasteiger partial charge in [-0.15, -0.1) is 11.8 Å². The molecule has 0 unspecified atom stereocenters. The minimum atomic E-state index is -1.39. The molecule has 1 fully saturated rings. The van der Waals surface area contributed by atoms with E-state index in [0.717, 1.165) is 34.2 Å². The third kappa shape index (κ3) is 3.20. The smallest absolute Gasteiger partial charge is 0.168 e. The molecule has 0 bridgehead atoms. The molecule has 5 atom stereocenters. The van der Waals surface area contributed by atoms with Gasteiger partial charge in [0.05, 0.1) is 24.6 Å². The summed E-state index contributed by atoms with van der Waals surface area (Å²) in [5, 5.41) is 40.2. The fourth-order valence-corrected chi connectivity index (χ4v) is 5.48. The van der Waals surface area contributed by atoms with E-state index in [2.05, 4.69) is 18.7 Å². The summed E-state index contributed by atoms with van der Waals surface area (Å²) in [6, 6.07) is 14.2. The lowest BCUT2D eigenvalue weighted by atomic mass is 9.91. The molecule has 2 heterocycles. The van der Waals surface area contributed by atoms with Gasteiger partial charge in [-0.2, -0.15) is 0 Å². The fraction of sp³-hybridized carbons (Fsp3) is 0.364. The van der Waals surface area contributed by atoms with Gasteiger partial charge in [0, 0.05) is 5.56 Å². The van der Waals surface area contributed by atoms with Gasteiger partial charge in [0.2, 0.25) is 0 Å². The Bertz CT molecular complexity index is 866. The van der Waals surface area contributed by atoms with Gasteiger partial charge < -0.3 is 25.2 Å². The van der Waals surface area contributed by atoms with Gasteiger partial charge in [-0.1, -0.05) is 55.1 Å². The number of aliphatic hydroxyl groups excluding tert-OH is 4. The van der Waals surface area contributed by atoms with Crippen molar-refractivity contribution in [1.29, 1.82) is 0 Å². The van der Waals surface area contributed by atoms with Crippen molar-refractivity contribution in [1.82, 2.24) is 0 Å². The first-order chi connectivity index (χ1) is 13.5. The monoisotopic (exact) mass is 400 g/mol. The fourth-order valence-electron chi connectivity index (χ4n) is 3.94. The second-order valence-electron chi connectivity index (χ2n) is 7.34. The van der Waals surface area contributed by atoms with Gasteiger partial charge >= 0.3 is 0 Å². The van der Waals surface area contributed by atoms with Gasteiger partial charge in [-0.3, -0.25) is 0 Å². The van der Waals surface area contributed by atoms with Crippen LogP contribution in [0.3, 0.4) is 0 Å². The quantitative estimate of drug-likeness (QED) is 0.626. The molecule has 4 rings (SSSR count). The molecule has 2 aliphatic rings. The van der Waals surface area contributed by atoms with Crippen LogP contribution in [0.5, 0.6) is 0 Å². The second kappa shape index (κ2) is 7.63. The van der Waals surface area contributed by atoms with Crippen molar-refractivity contribution in [2.45, 2.75) is 41.5 Å². The summed E-state index contributed by atoms with van der Waals surface area (Å²) in [6.07, 6.45) is -1.37. The number of aliphatic hydroxyl groups is 4. The Balaban J connectivity index is 1.67. The Labute approximate surface area is 168 Å². The van der Waals surface area contributed by atoms with Crippen LogP contribution in [0.4, 0.5) is 0 Å². The summed E-state index contributed by atoms with van der Waals surface area (Å²) in [5.74, 6) is 0. The van der Waals surface area contributed by atoms with E-state index in [1.54, 1.807) is 6.08 Å². The van der Waals surface area contributed by atoms with E-state index in [4.69, 9.17) is 4.74 Å². The summed E-state index contributed by atoms with van der Waals surface area (Å²) in [7, 11) is 0. The predicted octanol–water partition coefficient (Wildman–Crippen LogP) is 1.79. The molecule has 2 aromatic rings. The van der Waals surface area contributed by atoms with Crippen molar-refractivity contribution in [3.05, 3.63) is 76.9 Å². The summed E-state index contributed by atoms with van der Waals surface area (Å²) in [6.45, 7) is 3.77. The van der Waals surface area contributed by atoms with Crippen LogP contribution in [0.15, 0.2) is 49.0 Å². The minimum Gasteiger partial charge on any atom is -0.395 e. The number of benzene rings is 2. The average Bonchev–Trinajstić information content (AvgIpc) is 3.08. The zero-order valence-electron chi connectivity index (χ0n) is 15.4. The van der Waals surface area contributed by atoms with E-state index in [1.807, 2.05) is 30.3 Å². The average molecular weight is 400 g/mol. The predicted molar refractivity (Wildman–Crippen MR) is 109 cm³/mol.